The number of anilines is 2. The molecule has 0 bridgehead atoms. The van der Waals surface area contributed by atoms with Crippen LogP contribution in [0.1, 0.15) is 26.4 Å². The molecule has 0 aliphatic heterocycles. The van der Waals surface area contributed by atoms with Crippen molar-refractivity contribution in [3.8, 4) is 0 Å². The Morgan fingerprint density at radius 2 is 1.88 bits per heavy atom. The number of benzene rings is 2. The first-order valence-corrected chi connectivity index (χ1v) is 7.58. The molecule has 1 aromatic heterocycles. The van der Waals surface area contributed by atoms with Crippen molar-refractivity contribution in [1.82, 2.24) is 4.98 Å². The van der Waals surface area contributed by atoms with Crippen molar-refractivity contribution in [3.05, 3.63) is 65.4 Å². The minimum Gasteiger partial charge on any atom is -0.478 e. The van der Waals surface area contributed by atoms with Crippen LogP contribution in [0.15, 0.2) is 48.5 Å². The SMILES string of the molecule is COC(=O)c1ccc2nc(C)cc(Nc3cccc(C(=O)O)c3)c2c1. The Kier molecular flexibility index (Phi) is 4.35. The van der Waals surface area contributed by atoms with Gasteiger partial charge in [-0.3, -0.25) is 4.98 Å². The molecule has 0 radical (unpaired) electrons. The summed E-state index contributed by atoms with van der Waals surface area (Å²) in [5, 5.41) is 13.1. The topological polar surface area (TPSA) is 88.5 Å². The third kappa shape index (κ3) is 3.42. The monoisotopic (exact) mass is 336 g/mol. The molecule has 0 atom stereocenters. The zero-order chi connectivity index (χ0) is 18.0. The Bertz CT molecular complexity index is 982. The summed E-state index contributed by atoms with van der Waals surface area (Å²) < 4.78 is 4.76. The van der Waals surface area contributed by atoms with E-state index in [0.29, 0.717) is 11.3 Å². The van der Waals surface area contributed by atoms with Crippen LogP contribution in [0.5, 0.6) is 0 Å². The number of carbonyl (C=O) groups excluding carboxylic acids is 1. The number of aryl methyl sites for hydroxylation is 1. The molecule has 2 aromatic carbocycles. The summed E-state index contributed by atoms with van der Waals surface area (Å²) >= 11 is 0. The van der Waals surface area contributed by atoms with Gasteiger partial charge in [-0.05, 0) is 49.4 Å². The number of esters is 1. The first kappa shape index (κ1) is 16.4. The lowest BCUT2D eigenvalue weighted by Crippen LogP contribution is -2.02. The van der Waals surface area contributed by atoms with Crippen LogP contribution in [-0.2, 0) is 4.74 Å². The highest BCUT2D eigenvalue weighted by molar-refractivity contribution is 6.00. The Morgan fingerprint density at radius 3 is 2.60 bits per heavy atom. The van der Waals surface area contributed by atoms with Gasteiger partial charge < -0.3 is 15.2 Å². The fourth-order valence-electron chi connectivity index (χ4n) is 2.59. The zero-order valence-corrected chi connectivity index (χ0v) is 13.7. The number of carbonyl (C=O) groups is 2. The summed E-state index contributed by atoms with van der Waals surface area (Å²) in [6.07, 6.45) is 0. The second kappa shape index (κ2) is 6.60. The normalized spacial score (nSPS) is 10.5. The summed E-state index contributed by atoms with van der Waals surface area (Å²) in [6, 6.07) is 13.5. The van der Waals surface area contributed by atoms with E-state index in [4.69, 9.17) is 9.84 Å². The van der Waals surface area contributed by atoms with Crippen molar-refractivity contribution in [2.24, 2.45) is 0 Å². The molecule has 6 nitrogen and oxygen atoms in total. The van der Waals surface area contributed by atoms with E-state index >= 15 is 0 Å². The molecule has 0 spiro atoms. The van der Waals surface area contributed by atoms with Crippen molar-refractivity contribution < 1.29 is 19.4 Å². The van der Waals surface area contributed by atoms with Gasteiger partial charge in [-0.25, -0.2) is 9.59 Å². The van der Waals surface area contributed by atoms with E-state index in [0.717, 1.165) is 22.3 Å². The third-order valence-electron chi connectivity index (χ3n) is 3.75. The summed E-state index contributed by atoms with van der Waals surface area (Å²) in [4.78, 5) is 27.4. The number of ether oxygens (including phenoxy) is 1. The maximum atomic E-state index is 11.8. The minimum atomic E-state index is -0.993. The van der Waals surface area contributed by atoms with E-state index in [9.17, 15) is 9.59 Å². The molecule has 3 rings (SSSR count). The van der Waals surface area contributed by atoms with Gasteiger partial charge in [0.2, 0.25) is 0 Å². The fraction of sp³-hybridized carbons (Fsp3) is 0.105. The van der Waals surface area contributed by atoms with Crippen LogP contribution in [0, 0.1) is 6.92 Å². The van der Waals surface area contributed by atoms with Crippen LogP contribution < -0.4 is 5.32 Å². The van der Waals surface area contributed by atoms with Crippen LogP contribution in [0.2, 0.25) is 0 Å². The van der Waals surface area contributed by atoms with Crippen LogP contribution in [-0.4, -0.2) is 29.1 Å². The Morgan fingerprint density at radius 1 is 1.08 bits per heavy atom. The molecule has 2 N–H and O–H groups in total. The predicted molar refractivity (Wildman–Crippen MR) is 94.5 cm³/mol. The van der Waals surface area contributed by atoms with Gasteiger partial charge in [0, 0.05) is 22.5 Å². The number of aromatic carboxylic acids is 1. The standard InChI is InChI=1S/C19H16N2O4/c1-11-8-17(21-14-5-3-4-12(9-14)18(22)23)15-10-13(19(24)25-2)6-7-16(15)20-11/h3-10H,1-2H3,(H,20,21)(H,22,23). The Hall–Kier alpha value is -3.41. The molecule has 0 amide bonds. The second-order valence-electron chi connectivity index (χ2n) is 5.55. The number of pyridine rings is 1. The fourth-order valence-corrected chi connectivity index (χ4v) is 2.59. The molecule has 0 aliphatic rings. The summed E-state index contributed by atoms with van der Waals surface area (Å²) in [5.74, 6) is -1.42. The molecular weight excluding hydrogens is 320 g/mol. The quantitative estimate of drug-likeness (QED) is 0.705. The minimum absolute atomic E-state index is 0.190. The number of aromatic nitrogens is 1. The predicted octanol–water partition coefficient (Wildman–Crippen LogP) is 3.77. The van der Waals surface area contributed by atoms with E-state index in [-0.39, 0.29) is 5.56 Å². The molecule has 1 heterocycles. The number of hydrogen-bond donors (Lipinski definition) is 2. The van der Waals surface area contributed by atoms with Crippen molar-refractivity contribution >= 4 is 34.2 Å². The van der Waals surface area contributed by atoms with E-state index < -0.39 is 11.9 Å². The number of fused-ring (bicyclic) bond motifs is 1. The van der Waals surface area contributed by atoms with Gasteiger partial charge in [-0.1, -0.05) is 6.07 Å². The van der Waals surface area contributed by atoms with Crippen LogP contribution in [0.3, 0.4) is 0 Å². The average molecular weight is 336 g/mol. The van der Waals surface area contributed by atoms with Crippen molar-refractivity contribution in [1.29, 1.82) is 0 Å². The summed E-state index contributed by atoms with van der Waals surface area (Å²) in [7, 11) is 1.33. The summed E-state index contributed by atoms with van der Waals surface area (Å²) in [6.45, 7) is 1.87. The summed E-state index contributed by atoms with van der Waals surface area (Å²) in [5.41, 5.74) is 3.50. The van der Waals surface area contributed by atoms with Gasteiger partial charge in [0.25, 0.3) is 0 Å². The van der Waals surface area contributed by atoms with Crippen LogP contribution in [0.4, 0.5) is 11.4 Å². The van der Waals surface area contributed by atoms with Crippen LogP contribution >= 0.6 is 0 Å². The molecule has 0 unspecified atom stereocenters. The lowest BCUT2D eigenvalue weighted by molar-refractivity contribution is 0.0600. The van der Waals surface area contributed by atoms with Crippen molar-refractivity contribution in [3.63, 3.8) is 0 Å². The second-order valence-corrected chi connectivity index (χ2v) is 5.55. The highest BCUT2D eigenvalue weighted by Gasteiger charge is 2.11. The molecule has 0 saturated heterocycles. The average Bonchev–Trinajstić information content (AvgIpc) is 2.60. The highest BCUT2D eigenvalue weighted by atomic mass is 16.5. The van der Waals surface area contributed by atoms with E-state index in [2.05, 4.69) is 10.3 Å². The molecule has 0 aliphatic carbocycles. The van der Waals surface area contributed by atoms with E-state index in [1.165, 1.54) is 13.2 Å². The first-order valence-electron chi connectivity index (χ1n) is 7.58. The first-order chi connectivity index (χ1) is 12.0. The Balaban J connectivity index is 2.09. The number of rotatable bonds is 4. The van der Waals surface area contributed by atoms with Gasteiger partial charge in [0.05, 0.1) is 23.8 Å². The Labute approximate surface area is 144 Å². The van der Waals surface area contributed by atoms with E-state index in [1.807, 2.05) is 13.0 Å². The number of carboxylic acid groups (broad SMARTS) is 1. The smallest absolute Gasteiger partial charge is 0.337 e. The lowest BCUT2D eigenvalue weighted by Gasteiger charge is -2.12. The van der Waals surface area contributed by atoms with Crippen LogP contribution in [0.25, 0.3) is 10.9 Å². The van der Waals surface area contributed by atoms with Gasteiger partial charge in [0.15, 0.2) is 0 Å². The van der Waals surface area contributed by atoms with Crippen molar-refractivity contribution in [2.75, 3.05) is 12.4 Å². The van der Waals surface area contributed by atoms with Gasteiger partial charge in [0.1, 0.15) is 0 Å². The molecular formula is C19H16N2O4. The van der Waals surface area contributed by atoms with E-state index in [1.54, 1.807) is 36.4 Å². The number of nitrogens with zero attached hydrogens (tertiary/aromatic N) is 1. The van der Waals surface area contributed by atoms with Gasteiger partial charge in [-0.2, -0.15) is 0 Å². The van der Waals surface area contributed by atoms with Gasteiger partial charge in [-0.15, -0.1) is 0 Å². The molecule has 0 saturated carbocycles. The highest BCUT2D eigenvalue weighted by Crippen LogP contribution is 2.28. The molecule has 25 heavy (non-hydrogen) atoms. The molecule has 6 heteroatoms. The maximum absolute atomic E-state index is 11.8. The molecule has 0 fully saturated rings. The molecule has 126 valence electrons. The zero-order valence-electron chi connectivity index (χ0n) is 13.7. The number of nitrogens with one attached hydrogen (secondary N) is 1. The number of methoxy groups -OCH3 is 1. The van der Waals surface area contributed by atoms with Gasteiger partial charge >= 0.3 is 11.9 Å². The lowest BCUT2D eigenvalue weighted by atomic mass is 10.1. The number of hydrogen-bond acceptors (Lipinski definition) is 5. The third-order valence-corrected chi connectivity index (χ3v) is 3.75. The maximum Gasteiger partial charge on any atom is 0.337 e. The van der Waals surface area contributed by atoms with Crippen molar-refractivity contribution in [2.45, 2.75) is 6.92 Å². The molecule has 3 aromatic rings. The number of carboxylic acids is 1. The largest absolute Gasteiger partial charge is 0.478 e.